The second kappa shape index (κ2) is 6.05. The molecular formula is C14H13N3O5S. The van der Waals surface area contributed by atoms with E-state index in [4.69, 9.17) is 5.73 Å². The Balaban J connectivity index is 2.48. The summed E-state index contributed by atoms with van der Waals surface area (Å²) in [7, 11) is -4.04. The Morgan fingerprint density at radius 3 is 2.30 bits per heavy atom. The Morgan fingerprint density at radius 1 is 1.17 bits per heavy atom. The summed E-state index contributed by atoms with van der Waals surface area (Å²) in [6.45, 7) is 1.80. The first-order valence-corrected chi connectivity index (χ1v) is 7.87. The fourth-order valence-corrected chi connectivity index (χ4v) is 2.92. The number of aryl methyl sites for hydroxylation is 1. The van der Waals surface area contributed by atoms with Crippen LogP contribution in [0.1, 0.15) is 15.9 Å². The Morgan fingerprint density at radius 2 is 1.78 bits per heavy atom. The first-order chi connectivity index (χ1) is 10.7. The minimum absolute atomic E-state index is 0.0443. The van der Waals surface area contributed by atoms with Crippen molar-refractivity contribution in [2.75, 3.05) is 4.72 Å². The molecule has 3 N–H and O–H groups in total. The van der Waals surface area contributed by atoms with E-state index >= 15 is 0 Å². The van der Waals surface area contributed by atoms with Crippen molar-refractivity contribution in [2.24, 2.45) is 5.73 Å². The molecule has 8 nitrogen and oxygen atoms in total. The molecule has 0 spiro atoms. The summed E-state index contributed by atoms with van der Waals surface area (Å²) in [6.07, 6.45) is 0. The van der Waals surface area contributed by atoms with Gasteiger partial charge in [0.05, 0.1) is 9.82 Å². The molecule has 0 saturated heterocycles. The van der Waals surface area contributed by atoms with Gasteiger partial charge in [-0.25, -0.2) is 8.42 Å². The molecule has 2 aromatic carbocycles. The van der Waals surface area contributed by atoms with Gasteiger partial charge in [0.15, 0.2) is 0 Å². The zero-order chi connectivity index (χ0) is 17.2. The third-order valence-electron chi connectivity index (χ3n) is 3.05. The van der Waals surface area contributed by atoms with Gasteiger partial charge in [0.25, 0.3) is 15.7 Å². The molecule has 23 heavy (non-hydrogen) atoms. The second-order valence-electron chi connectivity index (χ2n) is 4.77. The number of nitro groups is 1. The molecule has 0 fully saturated rings. The van der Waals surface area contributed by atoms with E-state index in [1.165, 1.54) is 12.1 Å². The lowest BCUT2D eigenvalue weighted by molar-refractivity contribution is -0.383. The lowest BCUT2D eigenvalue weighted by atomic mass is 10.1. The molecule has 0 aromatic heterocycles. The van der Waals surface area contributed by atoms with Gasteiger partial charge < -0.3 is 5.73 Å². The van der Waals surface area contributed by atoms with Crippen molar-refractivity contribution in [1.82, 2.24) is 0 Å². The SMILES string of the molecule is Cc1ccc(S(=O)(=O)Nc2cc(C(N)=O)ccc2[N+](=O)[O-])cc1. The molecule has 2 rings (SSSR count). The number of nitrogens with one attached hydrogen (secondary N) is 1. The monoisotopic (exact) mass is 335 g/mol. The van der Waals surface area contributed by atoms with Crippen molar-refractivity contribution in [1.29, 1.82) is 0 Å². The van der Waals surface area contributed by atoms with Crippen LogP contribution in [-0.4, -0.2) is 19.2 Å². The highest BCUT2D eigenvalue weighted by Gasteiger charge is 2.22. The number of benzene rings is 2. The Bertz CT molecular complexity index is 876. The minimum atomic E-state index is -4.04. The third-order valence-corrected chi connectivity index (χ3v) is 4.43. The topological polar surface area (TPSA) is 132 Å². The highest BCUT2D eigenvalue weighted by atomic mass is 32.2. The van der Waals surface area contributed by atoms with Crippen LogP contribution in [0.2, 0.25) is 0 Å². The van der Waals surface area contributed by atoms with Crippen molar-refractivity contribution >= 4 is 27.3 Å². The van der Waals surface area contributed by atoms with Crippen molar-refractivity contribution in [2.45, 2.75) is 11.8 Å². The lowest BCUT2D eigenvalue weighted by Gasteiger charge is -2.09. The number of amides is 1. The average Bonchev–Trinajstić information content (AvgIpc) is 2.46. The number of nitro benzene ring substituents is 1. The third kappa shape index (κ3) is 3.64. The summed E-state index contributed by atoms with van der Waals surface area (Å²) in [4.78, 5) is 21.4. The maximum atomic E-state index is 12.3. The van der Waals surface area contributed by atoms with E-state index in [9.17, 15) is 23.3 Å². The van der Waals surface area contributed by atoms with E-state index in [0.29, 0.717) is 0 Å². The van der Waals surface area contributed by atoms with Crippen LogP contribution in [0.4, 0.5) is 11.4 Å². The quantitative estimate of drug-likeness (QED) is 0.635. The Labute approximate surface area is 132 Å². The normalized spacial score (nSPS) is 11.0. The molecule has 1 amide bonds. The number of hydrogen-bond acceptors (Lipinski definition) is 5. The molecule has 0 heterocycles. The molecule has 0 radical (unpaired) electrons. The Kier molecular flexibility index (Phi) is 4.32. The summed E-state index contributed by atoms with van der Waals surface area (Å²) in [5.74, 6) is -0.823. The molecule has 0 unspecified atom stereocenters. The number of rotatable bonds is 5. The first-order valence-electron chi connectivity index (χ1n) is 6.38. The molecule has 0 aliphatic carbocycles. The van der Waals surface area contributed by atoms with Gasteiger partial charge in [0, 0.05) is 11.6 Å². The summed E-state index contributed by atoms with van der Waals surface area (Å²) in [5, 5.41) is 11.0. The van der Waals surface area contributed by atoms with Crippen LogP contribution in [0.25, 0.3) is 0 Å². The van der Waals surface area contributed by atoms with Crippen LogP contribution in [0, 0.1) is 17.0 Å². The maximum absolute atomic E-state index is 12.3. The number of carbonyl (C=O) groups is 1. The average molecular weight is 335 g/mol. The maximum Gasteiger partial charge on any atom is 0.293 e. The zero-order valence-electron chi connectivity index (χ0n) is 12.0. The van der Waals surface area contributed by atoms with Gasteiger partial charge in [-0.3, -0.25) is 19.6 Å². The van der Waals surface area contributed by atoms with E-state index in [1.807, 2.05) is 0 Å². The highest BCUT2D eigenvalue weighted by Crippen LogP contribution is 2.28. The predicted molar refractivity (Wildman–Crippen MR) is 83.6 cm³/mol. The molecule has 0 aliphatic rings. The molecular weight excluding hydrogens is 322 g/mol. The first kappa shape index (κ1) is 16.4. The van der Waals surface area contributed by atoms with Crippen LogP contribution in [0.15, 0.2) is 47.4 Å². The van der Waals surface area contributed by atoms with Crippen LogP contribution in [-0.2, 0) is 10.0 Å². The second-order valence-corrected chi connectivity index (χ2v) is 6.45. The summed E-state index contributed by atoms with van der Waals surface area (Å²) < 4.78 is 26.8. The van der Waals surface area contributed by atoms with Crippen molar-refractivity contribution < 1.29 is 18.1 Å². The summed E-state index contributed by atoms with van der Waals surface area (Å²) >= 11 is 0. The van der Waals surface area contributed by atoms with Gasteiger partial charge in [0.2, 0.25) is 5.91 Å². The van der Waals surface area contributed by atoms with E-state index in [-0.39, 0.29) is 16.1 Å². The van der Waals surface area contributed by atoms with Crippen LogP contribution in [0.5, 0.6) is 0 Å². The van der Waals surface area contributed by atoms with E-state index in [1.54, 1.807) is 19.1 Å². The molecule has 9 heteroatoms. The number of primary amides is 1. The van der Waals surface area contributed by atoms with Gasteiger partial charge in [-0.15, -0.1) is 0 Å². The van der Waals surface area contributed by atoms with Gasteiger partial charge in [-0.2, -0.15) is 0 Å². The number of carbonyl (C=O) groups excluding carboxylic acids is 1. The fourth-order valence-electron chi connectivity index (χ4n) is 1.85. The molecule has 0 saturated carbocycles. The van der Waals surface area contributed by atoms with Gasteiger partial charge in [0.1, 0.15) is 5.69 Å². The molecule has 0 atom stereocenters. The van der Waals surface area contributed by atoms with Gasteiger partial charge >= 0.3 is 0 Å². The fraction of sp³-hybridized carbons (Fsp3) is 0.0714. The largest absolute Gasteiger partial charge is 0.366 e. The van der Waals surface area contributed by atoms with Crippen LogP contribution < -0.4 is 10.5 Å². The summed E-state index contributed by atoms with van der Waals surface area (Å²) in [6, 6.07) is 9.16. The number of hydrogen-bond donors (Lipinski definition) is 2. The lowest BCUT2D eigenvalue weighted by Crippen LogP contribution is -2.16. The molecule has 2 aromatic rings. The molecule has 120 valence electrons. The minimum Gasteiger partial charge on any atom is -0.366 e. The number of nitrogens with two attached hydrogens (primary N) is 1. The van der Waals surface area contributed by atoms with Crippen molar-refractivity contribution in [3.8, 4) is 0 Å². The van der Waals surface area contributed by atoms with Crippen LogP contribution in [0.3, 0.4) is 0 Å². The van der Waals surface area contributed by atoms with E-state index in [0.717, 1.165) is 23.8 Å². The number of sulfonamides is 1. The number of nitrogens with zero attached hydrogens (tertiary/aromatic N) is 1. The molecule has 0 aliphatic heterocycles. The standard InChI is InChI=1S/C14H13N3O5S/c1-9-2-5-11(6-3-9)23(21,22)16-12-8-10(14(15)18)4-7-13(12)17(19)20/h2-8,16H,1H3,(H2,15,18). The van der Waals surface area contributed by atoms with Crippen molar-refractivity contribution in [3.05, 3.63) is 63.7 Å². The predicted octanol–water partition coefficient (Wildman–Crippen LogP) is 1.80. The van der Waals surface area contributed by atoms with E-state index < -0.39 is 26.5 Å². The van der Waals surface area contributed by atoms with Gasteiger partial charge in [-0.1, -0.05) is 17.7 Å². The van der Waals surface area contributed by atoms with E-state index in [2.05, 4.69) is 4.72 Å². The van der Waals surface area contributed by atoms with Crippen LogP contribution >= 0.6 is 0 Å². The smallest absolute Gasteiger partial charge is 0.293 e. The molecule has 0 bridgehead atoms. The summed E-state index contributed by atoms with van der Waals surface area (Å²) in [5.41, 5.74) is 5.13. The zero-order valence-corrected chi connectivity index (χ0v) is 12.8. The Hall–Kier alpha value is -2.94. The number of anilines is 1. The van der Waals surface area contributed by atoms with Gasteiger partial charge in [-0.05, 0) is 31.2 Å². The highest BCUT2D eigenvalue weighted by molar-refractivity contribution is 7.92. The van der Waals surface area contributed by atoms with Crippen molar-refractivity contribution in [3.63, 3.8) is 0 Å².